The molecule has 3 aromatic rings. The molecule has 0 fully saturated rings. The van der Waals surface area contributed by atoms with Crippen LogP contribution in [0.4, 0.5) is 5.95 Å². The second-order valence-electron chi connectivity index (χ2n) is 3.42. The highest BCUT2D eigenvalue weighted by atomic mass is 32.1. The van der Waals surface area contributed by atoms with Gasteiger partial charge in [0.1, 0.15) is 0 Å². The average molecular weight is 230 g/mol. The van der Waals surface area contributed by atoms with Crippen molar-refractivity contribution < 1.29 is 0 Å². The number of thiophene rings is 1. The summed E-state index contributed by atoms with van der Waals surface area (Å²) < 4.78 is 1.76. The molecule has 80 valence electrons. The van der Waals surface area contributed by atoms with E-state index in [4.69, 9.17) is 0 Å². The summed E-state index contributed by atoms with van der Waals surface area (Å²) in [5.41, 5.74) is 2.11. The quantitative estimate of drug-likeness (QED) is 0.751. The summed E-state index contributed by atoms with van der Waals surface area (Å²) in [6, 6.07) is 7.91. The largest absolute Gasteiger partial charge is 0.349 e. The SMILES string of the molecule is c1ccn2nc(NCc3ccsc3)nc2c1. The van der Waals surface area contributed by atoms with Gasteiger partial charge in [0, 0.05) is 12.7 Å². The van der Waals surface area contributed by atoms with Gasteiger partial charge >= 0.3 is 0 Å². The van der Waals surface area contributed by atoms with Gasteiger partial charge in [0.25, 0.3) is 0 Å². The highest BCUT2D eigenvalue weighted by molar-refractivity contribution is 7.07. The predicted octanol–water partition coefficient (Wildman–Crippen LogP) is 2.40. The van der Waals surface area contributed by atoms with E-state index in [1.807, 2.05) is 24.4 Å². The average Bonchev–Trinajstić information content (AvgIpc) is 2.95. The topological polar surface area (TPSA) is 42.2 Å². The fraction of sp³-hybridized carbons (Fsp3) is 0.0909. The lowest BCUT2D eigenvalue weighted by atomic mass is 10.3. The summed E-state index contributed by atoms with van der Waals surface area (Å²) in [6.45, 7) is 0.764. The van der Waals surface area contributed by atoms with Gasteiger partial charge in [-0.2, -0.15) is 16.3 Å². The van der Waals surface area contributed by atoms with Crippen LogP contribution in [0.2, 0.25) is 0 Å². The number of aromatic nitrogens is 3. The minimum absolute atomic E-state index is 0.664. The molecule has 5 heteroatoms. The molecule has 0 saturated heterocycles. The van der Waals surface area contributed by atoms with E-state index in [1.165, 1.54) is 5.56 Å². The molecular formula is C11H10N4S. The lowest BCUT2D eigenvalue weighted by molar-refractivity contribution is 0.951. The molecule has 3 aromatic heterocycles. The number of nitrogens with zero attached hydrogens (tertiary/aromatic N) is 3. The van der Waals surface area contributed by atoms with Crippen molar-refractivity contribution in [3.05, 3.63) is 46.8 Å². The summed E-state index contributed by atoms with van der Waals surface area (Å²) in [5.74, 6) is 0.664. The predicted molar refractivity (Wildman–Crippen MR) is 64.6 cm³/mol. The zero-order chi connectivity index (χ0) is 10.8. The lowest BCUT2D eigenvalue weighted by Gasteiger charge is -1.97. The van der Waals surface area contributed by atoms with Crippen molar-refractivity contribution in [1.29, 1.82) is 0 Å². The lowest BCUT2D eigenvalue weighted by Crippen LogP contribution is -1.99. The van der Waals surface area contributed by atoms with Gasteiger partial charge in [0.2, 0.25) is 5.95 Å². The van der Waals surface area contributed by atoms with Crippen molar-refractivity contribution >= 4 is 22.9 Å². The Morgan fingerprint density at radius 2 is 2.31 bits per heavy atom. The zero-order valence-corrected chi connectivity index (χ0v) is 9.31. The van der Waals surface area contributed by atoms with Crippen LogP contribution in [-0.2, 0) is 6.54 Å². The molecule has 0 aliphatic rings. The third-order valence-corrected chi connectivity index (χ3v) is 3.00. The molecule has 4 nitrogen and oxygen atoms in total. The van der Waals surface area contributed by atoms with Crippen LogP contribution >= 0.6 is 11.3 Å². The van der Waals surface area contributed by atoms with Crippen molar-refractivity contribution in [3.8, 4) is 0 Å². The van der Waals surface area contributed by atoms with Crippen LogP contribution < -0.4 is 5.32 Å². The molecule has 0 aromatic carbocycles. The fourth-order valence-electron chi connectivity index (χ4n) is 1.48. The Morgan fingerprint density at radius 1 is 1.31 bits per heavy atom. The van der Waals surface area contributed by atoms with Crippen molar-refractivity contribution in [2.75, 3.05) is 5.32 Å². The maximum atomic E-state index is 4.36. The Balaban J connectivity index is 1.79. The number of fused-ring (bicyclic) bond motifs is 1. The highest BCUT2D eigenvalue weighted by Crippen LogP contribution is 2.09. The minimum atomic E-state index is 0.664. The van der Waals surface area contributed by atoms with Gasteiger partial charge in [-0.1, -0.05) is 6.07 Å². The normalized spacial score (nSPS) is 10.8. The molecule has 0 aliphatic heterocycles. The maximum Gasteiger partial charge on any atom is 0.243 e. The van der Waals surface area contributed by atoms with Crippen molar-refractivity contribution in [2.24, 2.45) is 0 Å². The van der Waals surface area contributed by atoms with Crippen LogP contribution in [0.25, 0.3) is 5.65 Å². The Hall–Kier alpha value is -1.88. The molecule has 3 rings (SSSR count). The van der Waals surface area contributed by atoms with Crippen molar-refractivity contribution in [3.63, 3.8) is 0 Å². The summed E-state index contributed by atoms with van der Waals surface area (Å²) >= 11 is 1.69. The van der Waals surface area contributed by atoms with Crippen LogP contribution in [-0.4, -0.2) is 14.6 Å². The van der Waals surface area contributed by atoms with E-state index < -0.39 is 0 Å². The van der Waals surface area contributed by atoms with Gasteiger partial charge in [-0.05, 0) is 34.5 Å². The first-order chi connectivity index (χ1) is 7.92. The van der Waals surface area contributed by atoms with E-state index >= 15 is 0 Å². The van der Waals surface area contributed by atoms with Crippen LogP contribution in [0.15, 0.2) is 41.2 Å². The van der Waals surface area contributed by atoms with Gasteiger partial charge in [-0.15, -0.1) is 5.10 Å². The van der Waals surface area contributed by atoms with Gasteiger partial charge < -0.3 is 5.32 Å². The number of pyridine rings is 1. The molecule has 3 heterocycles. The molecule has 0 unspecified atom stereocenters. The van der Waals surface area contributed by atoms with E-state index in [2.05, 4.69) is 32.2 Å². The van der Waals surface area contributed by atoms with E-state index in [9.17, 15) is 0 Å². The van der Waals surface area contributed by atoms with E-state index in [0.29, 0.717) is 5.95 Å². The number of nitrogens with one attached hydrogen (secondary N) is 1. The summed E-state index contributed by atoms with van der Waals surface area (Å²) in [6.07, 6.45) is 1.89. The van der Waals surface area contributed by atoms with Crippen LogP contribution in [0.5, 0.6) is 0 Å². The van der Waals surface area contributed by atoms with Crippen molar-refractivity contribution in [1.82, 2.24) is 14.6 Å². The Bertz CT molecular complexity index is 552. The molecule has 16 heavy (non-hydrogen) atoms. The van der Waals surface area contributed by atoms with Gasteiger partial charge in [0.15, 0.2) is 5.65 Å². The number of rotatable bonds is 3. The Morgan fingerprint density at radius 3 is 3.12 bits per heavy atom. The molecule has 0 atom stereocenters. The minimum Gasteiger partial charge on any atom is -0.349 e. The Kier molecular flexibility index (Phi) is 2.30. The Labute approximate surface area is 96.6 Å². The molecule has 0 spiro atoms. The smallest absolute Gasteiger partial charge is 0.243 e. The highest BCUT2D eigenvalue weighted by Gasteiger charge is 2.01. The zero-order valence-electron chi connectivity index (χ0n) is 8.50. The molecule has 0 saturated carbocycles. The first-order valence-electron chi connectivity index (χ1n) is 4.98. The van der Waals surface area contributed by atoms with Gasteiger partial charge in [-0.25, -0.2) is 4.52 Å². The first-order valence-corrected chi connectivity index (χ1v) is 5.92. The third-order valence-electron chi connectivity index (χ3n) is 2.27. The summed E-state index contributed by atoms with van der Waals surface area (Å²) in [5, 5.41) is 11.7. The molecular weight excluding hydrogens is 220 g/mol. The van der Waals surface area contributed by atoms with E-state index in [-0.39, 0.29) is 0 Å². The molecule has 0 bridgehead atoms. The second-order valence-corrected chi connectivity index (χ2v) is 4.20. The van der Waals surface area contributed by atoms with Crippen LogP contribution in [0.3, 0.4) is 0 Å². The molecule has 0 aliphatic carbocycles. The van der Waals surface area contributed by atoms with E-state index in [0.717, 1.165) is 12.2 Å². The van der Waals surface area contributed by atoms with E-state index in [1.54, 1.807) is 15.9 Å². The molecule has 0 radical (unpaired) electrons. The van der Waals surface area contributed by atoms with Gasteiger partial charge in [0.05, 0.1) is 0 Å². The summed E-state index contributed by atoms with van der Waals surface area (Å²) in [7, 11) is 0. The maximum absolute atomic E-state index is 4.36. The van der Waals surface area contributed by atoms with Gasteiger partial charge in [-0.3, -0.25) is 0 Å². The third kappa shape index (κ3) is 1.77. The monoisotopic (exact) mass is 230 g/mol. The molecule has 1 N–H and O–H groups in total. The second kappa shape index (κ2) is 3.94. The van der Waals surface area contributed by atoms with Crippen LogP contribution in [0, 0.1) is 0 Å². The number of anilines is 1. The standard InChI is InChI=1S/C11H10N4S/c1-2-5-15-10(3-1)13-11(14-15)12-7-9-4-6-16-8-9/h1-6,8H,7H2,(H,12,14). The summed E-state index contributed by atoms with van der Waals surface area (Å²) in [4.78, 5) is 4.36. The first kappa shape index (κ1) is 9.35. The number of hydrogen-bond donors (Lipinski definition) is 1. The number of hydrogen-bond acceptors (Lipinski definition) is 4. The van der Waals surface area contributed by atoms with Crippen molar-refractivity contribution in [2.45, 2.75) is 6.54 Å². The fourth-order valence-corrected chi connectivity index (χ4v) is 2.15. The molecule has 0 amide bonds. The van der Waals surface area contributed by atoms with Crippen LogP contribution in [0.1, 0.15) is 5.56 Å².